The van der Waals surface area contributed by atoms with Gasteiger partial charge in [-0.15, -0.1) is 0 Å². The number of anilines is 1. The first-order chi connectivity index (χ1) is 6.72. The van der Waals surface area contributed by atoms with Crippen LogP contribution in [0.4, 0.5) is 10.5 Å². The van der Waals surface area contributed by atoms with Gasteiger partial charge in [0.2, 0.25) is 0 Å². The fourth-order valence-corrected chi connectivity index (χ4v) is 0.892. The topological polar surface area (TPSA) is 88.1 Å². The van der Waals surface area contributed by atoms with Crippen LogP contribution in [0.3, 0.4) is 0 Å². The Morgan fingerprint density at radius 2 is 2.14 bits per heavy atom. The van der Waals surface area contributed by atoms with Crippen LogP contribution in [0.1, 0.15) is 0 Å². The van der Waals surface area contributed by atoms with Crippen molar-refractivity contribution >= 4 is 11.7 Å². The number of nitrogens with one attached hydrogen (secondary N) is 1. The minimum atomic E-state index is -0.615. The number of primary amides is 1. The van der Waals surface area contributed by atoms with Gasteiger partial charge >= 0.3 is 6.03 Å². The maximum Gasteiger partial charge on any atom is 0.316 e. The first-order valence-corrected chi connectivity index (χ1v) is 3.88. The highest BCUT2D eigenvalue weighted by atomic mass is 16.5. The van der Waals surface area contributed by atoms with E-state index in [1.165, 1.54) is 0 Å². The van der Waals surface area contributed by atoms with Gasteiger partial charge in [-0.3, -0.25) is 0 Å². The van der Waals surface area contributed by atoms with Crippen molar-refractivity contribution in [2.24, 2.45) is 5.73 Å². The van der Waals surface area contributed by atoms with E-state index in [1.54, 1.807) is 24.3 Å². The average molecular weight is 191 g/mol. The molecule has 1 rings (SSSR count). The van der Waals surface area contributed by atoms with Crippen molar-refractivity contribution in [1.29, 1.82) is 5.26 Å². The van der Waals surface area contributed by atoms with Gasteiger partial charge < -0.3 is 15.8 Å². The Morgan fingerprint density at radius 1 is 1.50 bits per heavy atom. The van der Waals surface area contributed by atoms with Crippen molar-refractivity contribution in [2.75, 3.05) is 11.9 Å². The molecule has 0 aliphatic rings. The second-order valence-electron chi connectivity index (χ2n) is 2.46. The first kappa shape index (κ1) is 9.86. The Morgan fingerprint density at radius 3 is 2.64 bits per heavy atom. The Labute approximate surface area is 81.1 Å². The van der Waals surface area contributed by atoms with Gasteiger partial charge in [0.1, 0.15) is 11.8 Å². The molecule has 0 aromatic heterocycles. The molecule has 5 heteroatoms. The number of hydrogen-bond donors (Lipinski definition) is 2. The van der Waals surface area contributed by atoms with Crippen LogP contribution >= 0.6 is 0 Å². The van der Waals surface area contributed by atoms with Crippen molar-refractivity contribution in [3.63, 3.8) is 0 Å². The quantitative estimate of drug-likeness (QED) is 0.749. The Balaban J connectivity index is 2.60. The molecule has 2 amide bonds. The predicted molar refractivity (Wildman–Crippen MR) is 50.8 cm³/mol. The first-order valence-electron chi connectivity index (χ1n) is 3.88. The normalized spacial score (nSPS) is 8.79. The van der Waals surface area contributed by atoms with Gasteiger partial charge in [-0.25, -0.2) is 4.79 Å². The maximum absolute atomic E-state index is 10.5. The molecule has 72 valence electrons. The molecule has 0 aliphatic carbocycles. The molecule has 0 spiro atoms. The monoisotopic (exact) mass is 191 g/mol. The largest absolute Gasteiger partial charge is 0.479 e. The molecule has 1 aromatic carbocycles. The van der Waals surface area contributed by atoms with Crippen LogP contribution in [0.5, 0.6) is 5.75 Å². The van der Waals surface area contributed by atoms with Crippen LogP contribution in [0, 0.1) is 11.3 Å². The SMILES string of the molecule is N#CCOc1ccc(NC(N)=O)cc1. The summed E-state index contributed by atoms with van der Waals surface area (Å²) < 4.78 is 5.01. The molecule has 0 heterocycles. The summed E-state index contributed by atoms with van der Waals surface area (Å²) in [5, 5.41) is 10.7. The third-order valence-electron chi connectivity index (χ3n) is 1.43. The summed E-state index contributed by atoms with van der Waals surface area (Å²) >= 11 is 0. The molecule has 0 saturated carbocycles. The molecule has 5 nitrogen and oxygen atoms in total. The number of nitriles is 1. The smallest absolute Gasteiger partial charge is 0.316 e. The van der Waals surface area contributed by atoms with Crippen LogP contribution < -0.4 is 15.8 Å². The second kappa shape index (κ2) is 4.72. The molecule has 0 fully saturated rings. The summed E-state index contributed by atoms with van der Waals surface area (Å²) in [5.74, 6) is 0.571. The third kappa shape index (κ3) is 3.03. The number of nitrogens with zero attached hydrogens (tertiary/aromatic N) is 1. The number of nitrogens with two attached hydrogens (primary N) is 1. The summed E-state index contributed by atoms with van der Waals surface area (Å²) in [6, 6.07) is 7.79. The summed E-state index contributed by atoms with van der Waals surface area (Å²) in [6.45, 7) is 0.00257. The van der Waals surface area contributed by atoms with Crippen molar-refractivity contribution in [1.82, 2.24) is 0 Å². The lowest BCUT2D eigenvalue weighted by molar-refractivity contribution is 0.259. The molecular formula is C9H9N3O2. The Kier molecular flexibility index (Phi) is 3.33. The van der Waals surface area contributed by atoms with E-state index in [1.807, 2.05) is 6.07 Å². The molecule has 0 radical (unpaired) electrons. The van der Waals surface area contributed by atoms with Crippen molar-refractivity contribution < 1.29 is 9.53 Å². The number of benzene rings is 1. The van der Waals surface area contributed by atoms with Crippen molar-refractivity contribution in [3.8, 4) is 11.8 Å². The van der Waals surface area contributed by atoms with Gasteiger partial charge in [-0.2, -0.15) is 5.26 Å². The lowest BCUT2D eigenvalue weighted by Crippen LogP contribution is -2.19. The van der Waals surface area contributed by atoms with Gasteiger partial charge in [0.15, 0.2) is 6.61 Å². The van der Waals surface area contributed by atoms with Crippen LogP contribution in [0.25, 0.3) is 0 Å². The van der Waals surface area contributed by atoms with E-state index >= 15 is 0 Å². The number of carbonyl (C=O) groups is 1. The highest BCUT2D eigenvalue weighted by molar-refractivity contribution is 5.87. The predicted octanol–water partition coefficient (Wildman–Crippen LogP) is 1.08. The Bertz CT molecular complexity index is 353. The molecule has 0 bridgehead atoms. The standard InChI is InChI=1S/C9H9N3O2/c10-5-6-14-8-3-1-7(2-4-8)12-9(11)13/h1-4H,6H2,(H3,11,12,13). The fraction of sp³-hybridized carbons (Fsp3) is 0.111. The van der Waals surface area contributed by atoms with E-state index in [9.17, 15) is 4.79 Å². The summed E-state index contributed by atoms with van der Waals surface area (Å²) in [6.07, 6.45) is 0. The van der Waals surface area contributed by atoms with Gasteiger partial charge in [0, 0.05) is 5.69 Å². The van der Waals surface area contributed by atoms with E-state index in [-0.39, 0.29) is 6.61 Å². The van der Waals surface area contributed by atoms with E-state index in [2.05, 4.69) is 5.32 Å². The summed E-state index contributed by atoms with van der Waals surface area (Å²) in [4.78, 5) is 10.5. The molecule has 0 atom stereocenters. The average Bonchev–Trinajstić information content (AvgIpc) is 2.16. The number of carbonyl (C=O) groups excluding carboxylic acids is 1. The Hall–Kier alpha value is -2.22. The van der Waals surface area contributed by atoms with Gasteiger partial charge in [0.05, 0.1) is 0 Å². The van der Waals surface area contributed by atoms with Gasteiger partial charge in [-0.1, -0.05) is 0 Å². The van der Waals surface area contributed by atoms with Crippen LogP contribution in [0.15, 0.2) is 24.3 Å². The van der Waals surface area contributed by atoms with E-state index in [4.69, 9.17) is 15.7 Å². The molecule has 0 unspecified atom stereocenters. The number of ether oxygens (including phenoxy) is 1. The summed E-state index contributed by atoms with van der Waals surface area (Å²) in [5.41, 5.74) is 5.50. The van der Waals surface area contributed by atoms with Crippen LogP contribution in [0.2, 0.25) is 0 Å². The fourth-order valence-electron chi connectivity index (χ4n) is 0.892. The molecule has 0 aliphatic heterocycles. The zero-order valence-corrected chi connectivity index (χ0v) is 7.36. The third-order valence-corrected chi connectivity index (χ3v) is 1.43. The molecule has 14 heavy (non-hydrogen) atoms. The van der Waals surface area contributed by atoms with E-state index in [0.29, 0.717) is 11.4 Å². The lowest BCUT2D eigenvalue weighted by atomic mass is 10.3. The zero-order valence-electron chi connectivity index (χ0n) is 7.36. The highest BCUT2D eigenvalue weighted by Crippen LogP contribution is 2.14. The minimum absolute atomic E-state index is 0.00257. The number of amides is 2. The van der Waals surface area contributed by atoms with E-state index < -0.39 is 6.03 Å². The van der Waals surface area contributed by atoms with Gasteiger partial charge in [-0.05, 0) is 24.3 Å². The van der Waals surface area contributed by atoms with Crippen molar-refractivity contribution in [2.45, 2.75) is 0 Å². The van der Waals surface area contributed by atoms with Crippen molar-refractivity contribution in [3.05, 3.63) is 24.3 Å². The lowest BCUT2D eigenvalue weighted by Gasteiger charge is -2.03. The van der Waals surface area contributed by atoms with Crippen LogP contribution in [-0.4, -0.2) is 12.6 Å². The summed E-state index contributed by atoms with van der Waals surface area (Å²) in [7, 11) is 0. The molecular weight excluding hydrogens is 182 g/mol. The van der Waals surface area contributed by atoms with Crippen LogP contribution in [-0.2, 0) is 0 Å². The number of rotatable bonds is 3. The number of urea groups is 1. The highest BCUT2D eigenvalue weighted by Gasteiger charge is 1.96. The van der Waals surface area contributed by atoms with E-state index in [0.717, 1.165) is 0 Å². The molecule has 1 aromatic rings. The molecule has 3 N–H and O–H groups in total. The number of hydrogen-bond acceptors (Lipinski definition) is 3. The minimum Gasteiger partial charge on any atom is -0.479 e. The maximum atomic E-state index is 10.5. The zero-order chi connectivity index (χ0) is 10.4. The van der Waals surface area contributed by atoms with Gasteiger partial charge in [0.25, 0.3) is 0 Å². The second-order valence-corrected chi connectivity index (χ2v) is 2.46. The molecule has 0 saturated heterocycles.